The van der Waals surface area contributed by atoms with Gasteiger partial charge in [-0.1, -0.05) is 6.07 Å². The van der Waals surface area contributed by atoms with Gasteiger partial charge in [0.15, 0.2) is 0 Å². The molecule has 18 heavy (non-hydrogen) atoms. The van der Waals surface area contributed by atoms with Crippen molar-refractivity contribution in [3.63, 3.8) is 0 Å². The van der Waals surface area contributed by atoms with Gasteiger partial charge < -0.3 is 15.7 Å². The van der Waals surface area contributed by atoms with Gasteiger partial charge in [0, 0.05) is 37.0 Å². The molecule has 0 bridgehead atoms. The zero-order valence-electron chi connectivity index (χ0n) is 11.0. The first kappa shape index (κ1) is 13.3. The zero-order valence-corrected chi connectivity index (χ0v) is 11.0. The van der Waals surface area contributed by atoms with E-state index in [0.29, 0.717) is 6.04 Å². The van der Waals surface area contributed by atoms with Crippen molar-refractivity contribution in [3.05, 3.63) is 23.9 Å². The molecule has 1 aromatic heterocycles. The van der Waals surface area contributed by atoms with E-state index < -0.39 is 0 Å². The lowest BCUT2D eigenvalue weighted by atomic mass is 9.90. The third-order valence-electron chi connectivity index (χ3n) is 3.65. The van der Waals surface area contributed by atoms with Gasteiger partial charge in [0.05, 0.1) is 0 Å². The predicted octanol–water partition coefficient (Wildman–Crippen LogP) is 1.84. The van der Waals surface area contributed by atoms with E-state index in [0.717, 1.165) is 24.3 Å². The minimum absolute atomic E-state index is 0.00889. The van der Waals surface area contributed by atoms with E-state index in [-0.39, 0.29) is 12.6 Å². The van der Waals surface area contributed by atoms with Crippen molar-refractivity contribution >= 4 is 5.82 Å². The van der Waals surface area contributed by atoms with E-state index in [9.17, 15) is 0 Å². The van der Waals surface area contributed by atoms with E-state index in [4.69, 9.17) is 10.8 Å². The average Bonchev–Trinajstić information content (AvgIpc) is 2.32. The molecular formula is C14H23N3O. The van der Waals surface area contributed by atoms with Crippen LogP contribution in [0.15, 0.2) is 18.3 Å². The average molecular weight is 249 g/mol. The fourth-order valence-electron chi connectivity index (χ4n) is 2.41. The molecule has 4 nitrogen and oxygen atoms in total. The summed E-state index contributed by atoms with van der Waals surface area (Å²) >= 11 is 0. The number of nitrogens with zero attached hydrogens (tertiary/aromatic N) is 2. The van der Waals surface area contributed by atoms with Crippen molar-refractivity contribution in [1.82, 2.24) is 4.98 Å². The highest BCUT2D eigenvalue weighted by molar-refractivity contribution is 5.49. The van der Waals surface area contributed by atoms with Crippen LogP contribution in [0.5, 0.6) is 0 Å². The van der Waals surface area contributed by atoms with Gasteiger partial charge in [-0.25, -0.2) is 4.98 Å². The molecule has 0 radical (unpaired) electrons. The van der Waals surface area contributed by atoms with Gasteiger partial charge in [-0.3, -0.25) is 0 Å². The number of hydrogen-bond donors (Lipinski definition) is 2. The molecule has 1 atom stereocenters. The standard InChI is InChI=1S/C14H23N3O/c1-11(15)13-7-3-8-16-14(13)17(9-4-10-18)12-5-2-6-12/h3,7-8,11-12,18H,2,4-6,9-10,15H2,1H3. The maximum Gasteiger partial charge on any atom is 0.133 e. The van der Waals surface area contributed by atoms with Crippen LogP contribution in [-0.2, 0) is 0 Å². The largest absolute Gasteiger partial charge is 0.396 e. The summed E-state index contributed by atoms with van der Waals surface area (Å²) in [6, 6.07) is 4.56. The zero-order chi connectivity index (χ0) is 13.0. The summed E-state index contributed by atoms with van der Waals surface area (Å²) in [4.78, 5) is 6.85. The fraction of sp³-hybridized carbons (Fsp3) is 0.643. The molecule has 0 amide bonds. The lowest BCUT2D eigenvalue weighted by molar-refractivity contribution is 0.282. The number of hydrogen-bond acceptors (Lipinski definition) is 4. The predicted molar refractivity (Wildman–Crippen MR) is 73.5 cm³/mol. The van der Waals surface area contributed by atoms with Crippen molar-refractivity contribution in [3.8, 4) is 0 Å². The van der Waals surface area contributed by atoms with Crippen molar-refractivity contribution in [1.29, 1.82) is 0 Å². The number of anilines is 1. The summed E-state index contributed by atoms with van der Waals surface area (Å²) in [7, 11) is 0. The van der Waals surface area contributed by atoms with Crippen LogP contribution in [0.1, 0.15) is 44.2 Å². The molecule has 1 saturated carbocycles. The molecule has 0 aliphatic heterocycles. The maximum atomic E-state index is 9.04. The molecule has 1 unspecified atom stereocenters. The smallest absolute Gasteiger partial charge is 0.133 e. The molecule has 0 spiro atoms. The lowest BCUT2D eigenvalue weighted by Gasteiger charge is -2.39. The Hall–Kier alpha value is -1.13. The molecule has 0 saturated heterocycles. The van der Waals surface area contributed by atoms with Gasteiger partial charge in [-0.15, -0.1) is 0 Å². The third kappa shape index (κ3) is 2.82. The summed E-state index contributed by atoms with van der Waals surface area (Å²) in [6.07, 6.45) is 6.35. The summed E-state index contributed by atoms with van der Waals surface area (Å²) in [5.41, 5.74) is 7.12. The minimum Gasteiger partial charge on any atom is -0.396 e. The molecule has 4 heteroatoms. The van der Waals surface area contributed by atoms with Crippen LogP contribution < -0.4 is 10.6 Å². The quantitative estimate of drug-likeness (QED) is 0.807. The molecule has 1 heterocycles. The molecule has 0 aromatic carbocycles. The van der Waals surface area contributed by atoms with Crippen molar-refractivity contribution in [2.45, 2.75) is 44.7 Å². The first-order valence-electron chi connectivity index (χ1n) is 6.82. The second-order valence-electron chi connectivity index (χ2n) is 5.06. The Labute approximate surface area is 109 Å². The highest BCUT2D eigenvalue weighted by atomic mass is 16.3. The van der Waals surface area contributed by atoms with Crippen molar-refractivity contribution in [2.75, 3.05) is 18.1 Å². The molecular weight excluding hydrogens is 226 g/mol. The van der Waals surface area contributed by atoms with Gasteiger partial charge >= 0.3 is 0 Å². The lowest BCUT2D eigenvalue weighted by Crippen LogP contribution is -2.42. The normalized spacial score (nSPS) is 17.3. The summed E-state index contributed by atoms with van der Waals surface area (Å²) in [5.74, 6) is 1.01. The fourth-order valence-corrected chi connectivity index (χ4v) is 2.41. The number of pyridine rings is 1. The first-order chi connectivity index (χ1) is 8.74. The minimum atomic E-state index is -0.00889. The van der Waals surface area contributed by atoms with E-state index in [1.165, 1.54) is 19.3 Å². The first-order valence-corrected chi connectivity index (χ1v) is 6.82. The highest BCUT2D eigenvalue weighted by Gasteiger charge is 2.27. The van der Waals surface area contributed by atoms with Gasteiger partial charge in [0.2, 0.25) is 0 Å². The summed E-state index contributed by atoms with van der Waals surface area (Å²) < 4.78 is 0. The number of aromatic nitrogens is 1. The third-order valence-corrected chi connectivity index (χ3v) is 3.65. The molecule has 1 aromatic rings. The van der Waals surface area contributed by atoms with Crippen LogP contribution in [-0.4, -0.2) is 29.3 Å². The van der Waals surface area contributed by atoms with Gasteiger partial charge in [0.1, 0.15) is 5.82 Å². The number of rotatable bonds is 6. The Morgan fingerprint density at radius 2 is 2.33 bits per heavy atom. The van der Waals surface area contributed by atoms with Crippen molar-refractivity contribution < 1.29 is 5.11 Å². The monoisotopic (exact) mass is 249 g/mol. The Kier molecular flexibility index (Phi) is 4.55. The van der Waals surface area contributed by atoms with Crippen molar-refractivity contribution in [2.24, 2.45) is 5.73 Å². The van der Waals surface area contributed by atoms with E-state index in [2.05, 4.69) is 16.0 Å². The second kappa shape index (κ2) is 6.16. The Bertz CT molecular complexity index is 377. The molecule has 100 valence electrons. The van der Waals surface area contributed by atoms with Crippen LogP contribution >= 0.6 is 0 Å². The molecule has 1 aliphatic carbocycles. The summed E-state index contributed by atoms with van der Waals surface area (Å²) in [5, 5.41) is 9.04. The molecule has 2 rings (SSSR count). The Morgan fingerprint density at radius 1 is 1.56 bits per heavy atom. The highest BCUT2D eigenvalue weighted by Crippen LogP contribution is 2.32. The number of aliphatic hydroxyl groups excluding tert-OH is 1. The van der Waals surface area contributed by atoms with Gasteiger partial charge in [-0.2, -0.15) is 0 Å². The maximum absolute atomic E-state index is 9.04. The second-order valence-corrected chi connectivity index (χ2v) is 5.06. The van der Waals surface area contributed by atoms with Crippen LogP contribution in [0.4, 0.5) is 5.82 Å². The molecule has 1 fully saturated rings. The molecule has 3 N–H and O–H groups in total. The van der Waals surface area contributed by atoms with E-state index >= 15 is 0 Å². The Balaban J connectivity index is 2.23. The Morgan fingerprint density at radius 3 is 2.89 bits per heavy atom. The van der Waals surface area contributed by atoms with Gasteiger partial charge in [-0.05, 0) is 38.7 Å². The topological polar surface area (TPSA) is 62.4 Å². The van der Waals surface area contributed by atoms with E-state index in [1.807, 2.05) is 19.2 Å². The van der Waals surface area contributed by atoms with Crippen LogP contribution in [0, 0.1) is 0 Å². The number of aliphatic hydroxyl groups is 1. The van der Waals surface area contributed by atoms with Gasteiger partial charge in [0.25, 0.3) is 0 Å². The number of nitrogens with two attached hydrogens (primary N) is 1. The molecule has 1 aliphatic rings. The SMILES string of the molecule is CC(N)c1cccnc1N(CCCO)C1CCC1. The summed E-state index contributed by atoms with van der Waals surface area (Å²) in [6.45, 7) is 3.08. The van der Waals surface area contributed by atoms with Crippen LogP contribution in [0.3, 0.4) is 0 Å². The van der Waals surface area contributed by atoms with E-state index in [1.54, 1.807) is 0 Å². The van der Waals surface area contributed by atoms with Crippen LogP contribution in [0.25, 0.3) is 0 Å². The van der Waals surface area contributed by atoms with Crippen LogP contribution in [0.2, 0.25) is 0 Å².